The van der Waals surface area contributed by atoms with E-state index in [1.165, 1.54) is 18.2 Å². The summed E-state index contributed by atoms with van der Waals surface area (Å²) in [7, 11) is 0. The van der Waals surface area contributed by atoms with Crippen LogP contribution < -0.4 is 0 Å². The van der Waals surface area contributed by atoms with Crippen molar-refractivity contribution in [1.82, 2.24) is 0 Å². The van der Waals surface area contributed by atoms with Crippen LogP contribution in [0.3, 0.4) is 0 Å². The van der Waals surface area contributed by atoms with Gasteiger partial charge >= 0.3 is 5.97 Å². The van der Waals surface area contributed by atoms with E-state index in [0.717, 1.165) is 6.07 Å². The van der Waals surface area contributed by atoms with Gasteiger partial charge in [0, 0.05) is 18.7 Å². The van der Waals surface area contributed by atoms with Gasteiger partial charge in [-0.25, -0.2) is 4.79 Å². The first-order valence-electron chi connectivity index (χ1n) is 4.85. The van der Waals surface area contributed by atoms with Crippen LogP contribution in [0.5, 0.6) is 0 Å². The van der Waals surface area contributed by atoms with Gasteiger partial charge in [0.1, 0.15) is 0 Å². The normalized spacial score (nSPS) is 10.6. The Morgan fingerprint density at radius 3 is 2.71 bits per heavy atom. The number of aliphatic hydroxyl groups is 1. The van der Waals surface area contributed by atoms with E-state index in [9.17, 15) is 14.9 Å². The van der Waals surface area contributed by atoms with Crippen molar-refractivity contribution < 1.29 is 19.9 Å². The molecular weight excluding hydrogens is 226 g/mol. The maximum absolute atomic E-state index is 10.9. The van der Waals surface area contributed by atoms with E-state index < -0.39 is 10.9 Å². The first-order chi connectivity index (χ1) is 8.06. The van der Waals surface area contributed by atoms with Crippen molar-refractivity contribution >= 4 is 17.7 Å². The highest BCUT2D eigenvalue weighted by atomic mass is 16.6. The molecule has 6 heteroatoms. The van der Waals surface area contributed by atoms with E-state index in [1.54, 1.807) is 6.08 Å². The highest BCUT2D eigenvalue weighted by Crippen LogP contribution is 2.19. The number of carboxylic acids is 1. The highest BCUT2D eigenvalue weighted by molar-refractivity contribution is 5.93. The zero-order chi connectivity index (χ0) is 12.8. The molecule has 1 aromatic carbocycles. The number of carbonyl (C=O) groups is 1. The number of hydrogen-bond donors (Lipinski definition) is 2. The lowest BCUT2D eigenvalue weighted by atomic mass is 10.1. The third kappa shape index (κ3) is 3.39. The third-order valence-electron chi connectivity index (χ3n) is 2.07. The van der Waals surface area contributed by atoms with Crippen LogP contribution in [0.1, 0.15) is 22.3 Å². The molecular formula is C11H11NO5. The average Bonchev–Trinajstić information content (AvgIpc) is 2.29. The minimum Gasteiger partial charge on any atom is -0.478 e. The summed E-state index contributed by atoms with van der Waals surface area (Å²) in [5, 5.41) is 28.0. The fourth-order valence-electron chi connectivity index (χ4n) is 1.27. The van der Waals surface area contributed by atoms with Crippen molar-refractivity contribution in [1.29, 1.82) is 0 Å². The van der Waals surface area contributed by atoms with Crippen LogP contribution in [0.2, 0.25) is 0 Å². The minimum absolute atomic E-state index is 0.0358. The maximum atomic E-state index is 10.9. The molecule has 0 radical (unpaired) electrons. The third-order valence-corrected chi connectivity index (χ3v) is 2.07. The van der Waals surface area contributed by atoms with Crippen molar-refractivity contribution in [2.45, 2.75) is 6.42 Å². The Bertz CT molecular complexity index is 467. The van der Waals surface area contributed by atoms with Crippen LogP contribution in [0.25, 0.3) is 6.08 Å². The van der Waals surface area contributed by atoms with E-state index >= 15 is 0 Å². The summed E-state index contributed by atoms with van der Waals surface area (Å²) >= 11 is 0. The first kappa shape index (κ1) is 12.9. The van der Waals surface area contributed by atoms with Gasteiger partial charge in [0.25, 0.3) is 5.69 Å². The molecule has 0 unspecified atom stereocenters. The summed E-state index contributed by atoms with van der Waals surface area (Å²) in [4.78, 5) is 20.8. The lowest BCUT2D eigenvalue weighted by Crippen LogP contribution is -2.01. The molecule has 0 saturated heterocycles. The Morgan fingerprint density at radius 2 is 2.18 bits per heavy atom. The molecule has 6 nitrogen and oxygen atoms in total. The van der Waals surface area contributed by atoms with Crippen LogP contribution in [0, 0.1) is 10.1 Å². The number of non-ortho nitro benzene ring substituents is 1. The molecule has 0 atom stereocenters. The van der Waals surface area contributed by atoms with E-state index in [-0.39, 0.29) is 17.9 Å². The fourth-order valence-corrected chi connectivity index (χ4v) is 1.27. The second-order valence-corrected chi connectivity index (χ2v) is 3.25. The summed E-state index contributed by atoms with van der Waals surface area (Å²) in [5.41, 5.74) is -0.0216. The molecule has 17 heavy (non-hydrogen) atoms. The van der Waals surface area contributed by atoms with Gasteiger partial charge in [-0.1, -0.05) is 12.2 Å². The van der Waals surface area contributed by atoms with Crippen LogP contribution in [0.15, 0.2) is 24.3 Å². The number of nitrogens with zero attached hydrogens (tertiary/aromatic N) is 1. The molecule has 0 heterocycles. The fraction of sp³-hybridized carbons (Fsp3) is 0.182. The van der Waals surface area contributed by atoms with Crippen molar-refractivity contribution in [2.24, 2.45) is 0 Å². The number of nitro benzene ring substituents is 1. The highest BCUT2D eigenvalue weighted by Gasteiger charge is 2.14. The smallest absolute Gasteiger partial charge is 0.336 e. The number of hydrogen-bond acceptors (Lipinski definition) is 4. The summed E-state index contributed by atoms with van der Waals surface area (Å²) in [6.07, 6.45) is 3.52. The molecule has 90 valence electrons. The van der Waals surface area contributed by atoms with Crippen molar-refractivity contribution in [3.63, 3.8) is 0 Å². The van der Waals surface area contributed by atoms with Crippen LogP contribution in [0.4, 0.5) is 5.69 Å². The summed E-state index contributed by atoms with van der Waals surface area (Å²) in [6.45, 7) is -0.0358. The van der Waals surface area contributed by atoms with Gasteiger partial charge in [-0.2, -0.15) is 0 Å². The monoisotopic (exact) mass is 237 g/mol. The first-order valence-corrected chi connectivity index (χ1v) is 4.85. The quantitative estimate of drug-likeness (QED) is 0.599. The minimum atomic E-state index is -1.22. The molecule has 0 aliphatic rings. The summed E-state index contributed by atoms with van der Waals surface area (Å²) in [6, 6.07) is 3.63. The van der Waals surface area contributed by atoms with Gasteiger partial charge < -0.3 is 10.2 Å². The summed E-state index contributed by atoms with van der Waals surface area (Å²) < 4.78 is 0. The number of nitro groups is 1. The van der Waals surface area contributed by atoms with E-state index in [1.807, 2.05) is 0 Å². The Kier molecular flexibility index (Phi) is 4.36. The van der Waals surface area contributed by atoms with Gasteiger partial charge in [0.05, 0.1) is 10.5 Å². The molecule has 0 fully saturated rings. The van der Waals surface area contributed by atoms with Gasteiger partial charge in [-0.3, -0.25) is 10.1 Å². The SMILES string of the molecule is O=C(O)c1cc([N+](=O)[O-])ccc1C=CCCO. The average molecular weight is 237 g/mol. The van der Waals surface area contributed by atoms with Gasteiger partial charge in [-0.15, -0.1) is 0 Å². The molecule has 0 saturated carbocycles. The number of benzene rings is 1. The van der Waals surface area contributed by atoms with Crippen LogP contribution in [-0.2, 0) is 0 Å². The van der Waals surface area contributed by atoms with E-state index in [0.29, 0.717) is 12.0 Å². The maximum Gasteiger partial charge on any atom is 0.336 e. The summed E-state index contributed by atoms with van der Waals surface area (Å²) in [5.74, 6) is -1.22. The number of rotatable bonds is 5. The topological polar surface area (TPSA) is 101 Å². The second-order valence-electron chi connectivity index (χ2n) is 3.25. The lowest BCUT2D eigenvalue weighted by Gasteiger charge is -2.00. The van der Waals surface area contributed by atoms with Gasteiger partial charge in [-0.05, 0) is 18.1 Å². The molecule has 2 N–H and O–H groups in total. The Morgan fingerprint density at radius 1 is 1.47 bits per heavy atom. The molecule has 1 aromatic rings. The van der Waals surface area contributed by atoms with Gasteiger partial charge in [0.2, 0.25) is 0 Å². The number of carboxylic acid groups (broad SMARTS) is 1. The molecule has 0 aliphatic carbocycles. The Hall–Kier alpha value is -2.21. The number of aliphatic hydroxyl groups excluding tert-OH is 1. The Balaban J connectivity index is 3.13. The standard InChI is InChI=1S/C11H11NO5/c13-6-2-1-3-8-4-5-9(12(16)17)7-10(8)11(14)15/h1,3-5,7,13H,2,6H2,(H,14,15). The molecule has 0 spiro atoms. The molecule has 0 bridgehead atoms. The molecule has 0 amide bonds. The largest absolute Gasteiger partial charge is 0.478 e. The van der Waals surface area contributed by atoms with Crippen molar-refractivity contribution in [3.8, 4) is 0 Å². The zero-order valence-electron chi connectivity index (χ0n) is 8.87. The van der Waals surface area contributed by atoms with Crippen molar-refractivity contribution in [2.75, 3.05) is 6.61 Å². The van der Waals surface area contributed by atoms with Crippen LogP contribution >= 0.6 is 0 Å². The van der Waals surface area contributed by atoms with Crippen molar-refractivity contribution in [3.05, 3.63) is 45.5 Å². The lowest BCUT2D eigenvalue weighted by molar-refractivity contribution is -0.384. The molecule has 1 rings (SSSR count). The predicted molar refractivity (Wildman–Crippen MR) is 60.8 cm³/mol. The molecule has 0 aromatic heterocycles. The van der Waals surface area contributed by atoms with Gasteiger partial charge in [0.15, 0.2) is 0 Å². The van der Waals surface area contributed by atoms with E-state index in [2.05, 4.69) is 0 Å². The zero-order valence-corrected chi connectivity index (χ0v) is 8.87. The van der Waals surface area contributed by atoms with E-state index in [4.69, 9.17) is 10.2 Å². The number of aromatic carboxylic acids is 1. The van der Waals surface area contributed by atoms with Crippen LogP contribution in [-0.4, -0.2) is 27.7 Å². The predicted octanol–water partition coefficient (Wildman–Crippen LogP) is 1.69. The second kappa shape index (κ2) is 5.76. The Labute approximate surface area is 97.0 Å². The molecule has 0 aliphatic heterocycles.